The summed E-state index contributed by atoms with van der Waals surface area (Å²) in [5, 5.41) is 0. The molecule has 0 saturated heterocycles. The number of hydrogen-bond acceptors (Lipinski definition) is 0. The molecule has 0 bridgehead atoms. The molecule has 0 amide bonds. The third-order valence-corrected chi connectivity index (χ3v) is 4.15. The Balaban J connectivity index is 0.000000810. The van der Waals surface area contributed by atoms with E-state index in [9.17, 15) is 0 Å². The van der Waals surface area contributed by atoms with E-state index in [0.29, 0.717) is 0 Å². The fraction of sp³-hybridized carbons (Fsp3) is 0.250. The van der Waals surface area contributed by atoms with Crippen LogP contribution in [-0.4, -0.2) is 16.5 Å². The number of aryl methyl sites for hydroxylation is 1. The van der Waals surface area contributed by atoms with Crippen LogP contribution in [0.1, 0.15) is 11.1 Å². The summed E-state index contributed by atoms with van der Waals surface area (Å²) in [7, 11) is 0. The molecule has 0 N–H and O–H groups in total. The van der Waals surface area contributed by atoms with E-state index in [1.165, 1.54) is 11.1 Å². The van der Waals surface area contributed by atoms with Gasteiger partial charge in [-0.2, -0.15) is 0 Å². The van der Waals surface area contributed by atoms with Crippen molar-refractivity contribution in [1.29, 1.82) is 0 Å². The number of halogens is 1. The summed E-state index contributed by atoms with van der Waals surface area (Å²) in [6.07, 6.45) is 0. The fourth-order valence-corrected chi connectivity index (χ4v) is 2.13. The summed E-state index contributed by atoms with van der Waals surface area (Å²) in [5.41, 5.74) is 2.93. The van der Waals surface area contributed by atoms with Crippen LogP contribution < -0.4 is 4.40 Å². The van der Waals surface area contributed by atoms with Gasteiger partial charge >= 0.3 is 64.1 Å². The van der Waals surface area contributed by atoms with Gasteiger partial charge in [-0.3, -0.25) is 0 Å². The molecule has 0 spiro atoms. The third kappa shape index (κ3) is 2.03. The van der Waals surface area contributed by atoms with Crippen LogP contribution in [0.25, 0.3) is 0 Å². The van der Waals surface area contributed by atoms with Crippen molar-refractivity contribution in [3.8, 4) is 0 Å². The van der Waals surface area contributed by atoms with E-state index in [2.05, 4.69) is 32.0 Å². The van der Waals surface area contributed by atoms with Gasteiger partial charge in [0.05, 0.1) is 0 Å². The average Bonchev–Trinajstić information content (AvgIpc) is 1.83. The predicted molar refractivity (Wildman–Crippen MR) is 52.7 cm³/mol. The van der Waals surface area contributed by atoms with E-state index in [1.807, 2.05) is 0 Å². The first-order chi connectivity index (χ1) is 4.22. The SMILES string of the molecule is Cc1ccc[c]([GeH3])c1C.Cl. The van der Waals surface area contributed by atoms with E-state index in [1.54, 1.807) is 4.40 Å². The molecule has 10 heavy (non-hydrogen) atoms. The first kappa shape index (κ1) is 10.1. The Kier molecular flexibility index (Phi) is 4.06. The summed E-state index contributed by atoms with van der Waals surface area (Å²) >= 11 is 0.836. The van der Waals surface area contributed by atoms with Crippen molar-refractivity contribution in [3.63, 3.8) is 0 Å². The van der Waals surface area contributed by atoms with Gasteiger partial charge < -0.3 is 0 Å². The van der Waals surface area contributed by atoms with Crippen LogP contribution in [-0.2, 0) is 0 Å². The zero-order valence-electron chi connectivity index (χ0n) is 6.64. The van der Waals surface area contributed by atoms with Gasteiger partial charge in [0, 0.05) is 0 Å². The molecule has 0 atom stereocenters. The second-order valence-electron chi connectivity index (χ2n) is 2.52. The molecule has 0 fully saturated rings. The molecular weight excluding hydrogens is 204 g/mol. The number of benzene rings is 1. The van der Waals surface area contributed by atoms with Crippen molar-refractivity contribution in [3.05, 3.63) is 29.3 Å². The minimum atomic E-state index is 0. The third-order valence-electron chi connectivity index (χ3n) is 1.88. The number of hydrogen-bond donors (Lipinski definition) is 0. The Morgan fingerprint density at radius 1 is 1.20 bits per heavy atom. The van der Waals surface area contributed by atoms with Crippen molar-refractivity contribution >= 4 is 33.3 Å². The molecule has 56 valence electrons. The fourth-order valence-electron chi connectivity index (χ4n) is 0.898. The van der Waals surface area contributed by atoms with E-state index < -0.39 is 0 Å². The molecular formula is C8H13ClGe. The molecule has 0 aliphatic rings. The van der Waals surface area contributed by atoms with Gasteiger partial charge in [-0.15, -0.1) is 12.4 Å². The van der Waals surface area contributed by atoms with Crippen molar-refractivity contribution in [2.75, 3.05) is 0 Å². The molecule has 0 aromatic heterocycles. The molecule has 0 radical (unpaired) electrons. The monoisotopic (exact) mass is 218 g/mol. The van der Waals surface area contributed by atoms with Crippen LogP contribution in [0.2, 0.25) is 0 Å². The molecule has 0 nitrogen and oxygen atoms in total. The molecule has 0 saturated carbocycles. The summed E-state index contributed by atoms with van der Waals surface area (Å²) in [5.74, 6) is 0. The Morgan fingerprint density at radius 2 is 1.80 bits per heavy atom. The van der Waals surface area contributed by atoms with Gasteiger partial charge in [-0.1, -0.05) is 0 Å². The Bertz CT molecular complexity index is 200. The van der Waals surface area contributed by atoms with Crippen molar-refractivity contribution in [2.24, 2.45) is 0 Å². The maximum absolute atomic E-state index is 2.22. The molecule has 1 rings (SSSR count). The standard InChI is InChI=1S/C8H12Ge.ClH/c1-6-4-3-5-8(9)7(6)2;/h3-5H,1-2,9H3;1H. The molecule has 1 aromatic rings. The van der Waals surface area contributed by atoms with Crippen molar-refractivity contribution in [2.45, 2.75) is 13.8 Å². The second-order valence-corrected chi connectivity index (χ2v) is 4.78. The molecule has 0 aliphatic carbocycles. The first-order valence-electron chi connectivity index (χ1n) is 3.24. The maximum Gasteiger partial charge on any atom is -0.147 e. The Labute approximate surface area is 76.7 Å². The van der Waals surface area contributed by atoms with Crippen LogP contribution in [0, 0.1) is 13.8 Å². The van der Waals surface area contributed by atoms with Gasteiger partial charge in [0.25, 0.3) is 0 Å². The topological polar surface area (TPSA) is 0 Å². The molecule has 0 heterocycles. The minimum absolute atomic E-state index is 0. The zero-order chi connectivity index (χ0) is 6.85. The quantitative estimate of drug-likeness (QED) is 0.562. The Hall–Kier alpha value is 0.0529. The normalized spacial score (nSPS) is 9.00. The van der Waals surface area contributed by atoms with E-state index in [0.717, 1.165) is 16.5 Å². The molecule has 0 unspecified atom stereocenters. The maximum atomic E-state index is 2.22. The van der Waals surface area contributed by atoms with E-state index >= 15 is 0 Å². The predicted octanol–water partition coefficient (Wildman–Crippen LogP) is 0.716. The van der Waals surface area contributed by atoms with Crippen molar-refractivity contribution in [1.82, 2.24) is 0 Å². The van der Waals surface area contributed by atoms with Gasteiger partial charge in [-0.25, -0.2) is 0 Å². The molecule has 0 aliphatic heterocycles. The zero-order valence-corrected chi connectivity index (χ0v) is 11.7. The van der Waals surface area contributed by atoms with Crippen LogP contribution in [0.5, 0.6) is 0 Å². The average molecular weight is 217 g/mol. The largest absolute Gasteiger partial charge is 0.147 e. The summed E-state index contributed by atoms with van der Waals surface area (Å²) in [4.78, 5) is 0. The summed E-state index contributed by atoms with van der Waals surface area (Å²) in [6.45, 7) is 4.38. The van der Waals surface area contributed by atoms with Crippen LogP contribution in [0.15, 0.2) is 18.2 Å². The van der Waals surface area contributed by atoms with Crippen LogP contribution in [0.3, 0.4) is 0 Å². The van der Waals surface area contributed by atoms with Gasteiger partial charge in [0.2, 0.25) is 0 Å². The van der Waals surface area contributed by atoms with Crippen LogP contribution in [0.4, 0.5) is 0 Å². The second kappa shape index (κ2) is 4.04. The summed E-state index contributed by atoms with van der Waals surface area (Å²) < 4.78 is 1.57. The van der Waals surface area contributed by atoms with Gasteiger partial charge in [0.15, 0.2) is 0 Å². The molecule has 2 heteroatoms. The van der Waals surface area contributed by atoms with E-state index in [-0.39, 0.29) is 12.4 Å². The molecule has 1 aromatic carbocycles. The van der Waals surface area contributed by atoms with E-state index in [4.69, 9.17) is 0 Å². The Morgan fingerprint density at radius 3 is 2.20 bits per heavy atom. The minimum Gasteiger partial charge on any atom is -0.147 e. The number of rotatable bonds is 0. The smallest absolute Gasteiger partial charge is 0.147 e. The van der Waals surface area contributed by atoms with Crippen LogP contribution >= 0.6 is 12.4 Å². The first-order valence-corrected chi connectivity index (χ1v) is 5.34. The summed E-state index contributed by atoms with van der Waals surface area (Å²) in [6, 6.07) is 6.54. The van der Waals surface area contributed by atoms with Gasteiger partial charge in [0.1, 0.15) is 0 Å². The van der Waals surface area contributed by atoms with Crippen molar-refractivity contribution < 1.29 is 0 Å². The van der Waals surface area contributed by atoms with Gasteiger partial charge in [-0.05, 0) is 0 Å².